The Kier molecular flexibility index (Phi) is 4.16. The zero-order chi connectivity index (χ0) is 13.7. The van der Waals surface area contributed by atoms with E-state index in [1.165, 1.54) is 12.1 Å². The second kappa shape index (κ2) is 5.83. The smallest absolute Gasteiger partial charge is 0.238 e. The summed E-state index contributed by atoms with van der Waals surface area (Å²) in [6.07, 6.45) is 0. The largest absolute Gasteiger partial charge is 0.271 e. The molecule has 0 atom stereocenters. The second-order valence-electron chi connectivity index (χ2n) is 3.95. The molecule has 19 heavy (non-hydrogen) atoms. The number of primary sulfonamides is 1. The van der Waals surface area contributed by atoms with Crippen molar-refractivity contribution >= 4 is 15.7 Å². The summed E-state index contributed by atoms with van der Waals surface area (Å²) in [7, 11) is -3.65. The third-order valence-corrected chi connectivity index (χ3v) is 3.38. The Morgan fingerprint density at radius 2 is 1.63 bits per heavy atom. The highest BCUT2D eigenvalue weighted by molar-refractivity contribution is 7.89. The van der Waals surface area contributed by atoms with Crippen molar-refractivity contribution in [2.24, 2.45) is 5.14 Å². The molecule has 3 N–H and O–H groups in total. The molecule has 0 saturated heterocycles. The van der Waals surface area contributed by atoms with E-state index in [1.807, 2.05) is 30.3 Å². The summed E-state index contributed by atoms with van der Waals surface area (Å²) < 4.78 is 22.1. The molecule has 0 aliphatic rings. The van der Waals surface area contributed by atoms with Crippen LogP contribution in [0.4, 0.5) is 5.69 Å². The minimum absolute atomic E-state index is 0.0705. The van der Waals surface area contributed by atoms with Gasteiger partial charge in [-0.25, -0.2) is 13.6 Å². The van der Waals surface area contributed by atoms with E-state index < -0.39 is 10.0 Å². The Labute approximate surface area is 112 Å². The summed E-state index contributed by atoms with van der Waals surface area (Å²) in [4.78, 5) is 5.37. The molecule has 0 bridgehead atoms. The molecule has 0 fully saturated rings. The number of hydrogen-bond donors (Lipinski definition) is 2. The van der Waals surface area contributed by atoms with E-state index >= 15 is 0 Å². The van der Waals surface area contributed by atoms with Crippen LogP contribution in [0.15, 0.2) is 59.5 Å². The van der Waals surface area contributed by atoms with Gasteiger partial charge in [0.2, 0.25) is 10.0 Å². The van der Waals surface area contributed by atoms with Gasteiger partial charge in [-0.1, -0.05) is 30.3 Å². The molecule has 5 nitrogen and oxygen atoms in total. The van der Waals surface area contributed by atoms with Crippen LogP contribution in [-0.2, 0) is 21.5 Å². The number of anilines is 1. The van der Waals surface area contributed by atoms with Crippen molar-refractivity contribution < 1.29 is 13.3 Å². The highest BCUT2D eigenvalue weighted by Crippen LogP contribution is 2.13. The lowest BCUT2D eigenvalue weighted by Gasteiger charge is -2.07. The Morgan fingerprint density at radius 1 is 1.00 bits per heavy atom. The molecule has 0 saturated carbocycles. The van der Waals surface area contributed by atoms with E-state index in [0.717, 1.165) is 5.56 Å². The first-order valence-corrected chi connectivity index (χ1v) is 7.15. The van der Waals surface area contributed by atoms with Crippen LogP contribution in [0.3, 0.4) is 0 Å². The normalized spacial score (nSPS) is 11.2. The van der Waals surface area contributed by atoms with E-state index in [1.54, 1.807) is 12.1 Å². The minimum atomic E-state index is -3.65. The van der Waals surface area contributed by atoms with Gasteiger partial charge < -0.3 is 0 Å². The monoisotopic (exact) mass is 278 g/mol. The SMILES string of the molecule is NS(=O)(=O)c1ccc(NOCc2ccccc2)cc1. The van der Waals surface area contributed by atoms with Crippen LogP contribution < -0.4 is 10.6 Å². The standard InChI is InChI=1S/C13H14N2O3S/c14-19(16,17)13-8-6-12(7-9-13)15-18-10-11-4-2-1-3-5-11/h1-9,15H,10H2,(H2,14,16,17). The molecule has 2 rings (SSSR count). The first-order valence-electron chi connectivity index (χ1n) is 5.60. The molecule has 0 aliphatic carbocycles. The van der Waals surface area contributed by atoms with Crippen molar-refractivity contribution in [1.82, 2.24) is 0 Å². The quantitative estimate of drug-likeness (QED) is 0.818. The van der Waals surface area contributed by atoms with Crippen LogP contribution >= 0.6 is 0 Å². The Balaban J connectivity index is 1.90. The van der Waals surface area contributed by atoms with Gasteiger partial charge in [0, 0.05) is 0 Å². The molecular weight excluding hydrogens is 264 g/mol. The summed E-state index contributed by atoms with van der Waals surface area (Å²) >= 11 is 0. The van der Waals surface area contributed by atoms with Crippen molar-refractivity contribution in [2.45, 2.75) is 11.5 Å². The fraction of sp³-hybridized carbons (Fsp3) is 0.0769. The molecule has 0 amide bonds. The Bertz CT molecular complexity index is 625. The van der Waals surface area contributed by atoms with Gasteiger partial charge in [0.25, 0.3) is 0 Å². The number of hydrogen-bond acceptors (Lipinski definition) is 4. The molecule has 2 aromatic carbocycles. The maximum Gasteiger partial charge on any atom is 0.238 e. The second-order valence-corrected chi connectivity index (χ2v) is 5.51. The number of rotatable bonds is 5. The molecule has 6 heteroatoms. The van der Waals surface area contributed by atoms with Crippen LogP contribution in [0.2, 0.25) is 0 Å². The van der Waals surface area contributed by atoms with Gasteiger partial charge in [-0.2, -0.15) is 0 Å². The lowest BCUT2D eigenvalue weighted by atomic mass is 10.2. The van der Waals surface area contributed by atoms with Crippen LogP contribution in [0.1, 0.15) is 5.56 Å². The van der Waals surface area contributed by atoms with E-state index in [-0.39, 0.29) is 4.90 Å². The van der Waals surface area contributed by atoms with E-state index in [0.29, 0.717) is 12.3 Å². The molecular formula is C13H14N2O3S. The molecule has 0 spiro atoms. The molecule has 0 radical (unpaired) electrons. The molecule has 0 heterocycles. The third-order valence-electron chi connectivity index (χ3n) is 2.45. The fourth-order valence-electron chi connectivity index (χ4n) is 1.49. The highest BCUT2D eigenvalue weighted by Gasteiger charge is 2.06. The van der Waals surface area contributed by atoms with E-state index in [2.05, 4.69) is 5.48 Å². The average molecular weight is 278 g/mol. The van der Waals surface area contributed by atoms with Gasteiger partial charge in [-0.3, -0.25) is 10.3 Å². The predicted molar refractivity (Wildman–Crippen MR) is 72.7 cm³/mol. The van der Waals surface area contributed by atoms with Crippen LogP contribution in [0.5, 0.6) is 0 Å². The summed E-state index contributed by atoms with van der Waals surface area (Å²) in [5.74, 6) is 0. The Hall–Kier alpha value is -1.89. The summed E-state index contributed by atoms with van der Waals surface area (Å²) in [5, 5.41) is 5.00. The lowest BCUT2D eigenvalue weighted by Crippen LogP contribution is -2.12. The molecule has 0 aliphatic heterocycles. The zero-order valence-electron chi connectivity index (χ0n) is 10.1. The van der Waals surface area contributed by atoms with Crippen molar-refractivity contribution in [1.29, 1.82) is 0 Å². The van der Waals surface area contributed by atoms with E-state index in [9.17, 15) is 8.42 Å². The zero-order valence-corrected chi connectivity index (χ0v) is 10.9. The van der Waals surface area contributed by atoms with E-state index in [4.69, 9.17) is 9.98 Å². The highest BCUT2D eigenvalue weighted by atomic mass is 32.2. The van der Waals surface area contributed by atoms with Gasteiger partial charge in [0.05, 0.1) is 17.2 Å². The maximum atomic E-state index is 11.1. The number of benzene rings is 2. The van der Waals surface area contributed by atoms with Crippen molar-refractivity contribution in [3.05, 3.63) is 60.2 Å². The first kappa shape index (κ1) is 13.5. The number of nitrogens with one attached hydrogen (secondary N) is 1. The van der Waals surface area contributed by atoms with Crippen LogP contribution in [0.25, 0.3) is 0 Å². The van der Waals surface area contributed by atoms with Gasteiger partial charge >= 0.3 is 0 Å². The van der Waals surface area contributed by atoms with Gasteiger partial charge in [-0.15, -0.1) is 0 Å². The average Bonchev–Trinajstić information content (AvgIpc) is 2.39. The Morgan fingerprint density at radius 3 is 2.21 bits per heavy atom. The topological polar surface area (TPSA) is 81.4 Å². The summed E-state index contributed by atoms with van der Waals surface area (Å²) in [6.45, 7) is 0.414. The first-order chi connectivity index (χ1) is 9.05. The van der Waals surface area contributed by atoms with Gasteiger partial charge in [0.15, 0.2) is 0 Å². The van der Waals surface area contributed by atoms with Gasteiger partial charge in [-0.05, 0) is 29.8 Å². The summed E-state index contributed by atoms with van der Waals surface area (Å²) in [5.41, 5.74) is 4.43. The fourth-order valence-corrected chi connectivity index (χ4v) is 2.01. The van der Waals surface area contributed by atoms with Crippen molar-refractivity contribution in [2.75, 3.05) is 5.48 Å². The lowest BCUT2D eigenvalue weighted by molar-refractivity contribution is 0.180. The van der Waals surface area contributed by atoms with Crippen LogP contribution in [0, 0.1) is 0 Å². The number of sulfonamides is 1. The predicted octanol–water partition coefficient (Wildman–Crippen LogP) is 1.88. The third kappa shape index (κ3) is 4.06. The number of nitrogens with two attached hydrogens (primary N) is 1. The molecule has 100 valence electrons. The molecule has 0 aromatic heterocycles. The summed E-state index contributed by atoms with van der Waals surface area (Å²) in [6, 6.07) is 15.7. The minimum Gasteiger partial charge on any atom is -0.271 e. The van der Waals surface area contributed by atoms with Gasteiger partial charge in [0.1, 0.15) is 0 Å². The van der Waals surface area contributed by atoms with Crippen molar-refractivity contribution in [3.63, 3.8) is 0 Å². The molecule has 0 unspecified atom stereocenters. The van der Waals surface area contributed by atoms with Crippen molar-refractivity contribution in [3.8, 4) is 0 Å². The molecule has 2 aromatic rings. The maximum absolute atomic E-state index is 11.1. The van der Waals surface area contributed by atoms with Crippen LogP contribution in [-0.4, -0.2) is 8.42 Å².